The zero-order chi connectivity index (χ0) is 22.0. The molecule has 0 bridgehead atoms. The van der Waals surface area contributed by atoms with Gasteiger partial charge in [-0.15, -0.1) is 0 Å². The Morgan fingerprint density at radius 1 is 1.17 bits per heavy atom. The smallest absolute Gasteiger partial charge is 0.418 e. The number of hydrogen-bond acceptors (Lipinski definition) is 4. The predicted octanol–water partition coefficient (Wildman–Crippen LogP) is 3.98. The van der Waals surface area contributed by atoms with Crippen molar-refractivity contribution in [2.45, 2.75) is 31.0 Å². The number of amides is 1. The van der Waals surface area contributed by atoms with E-state index in [0.29, 0.717) is 11.6 Å². The number of nitrogens with one attached hydrogen (secondary N) is 2. The van der Waals surface area contributed by atoms with Crippen molar-refractivity contribution in [1.82, 2.24) is 4.72 Å². The van der Waals surface area contributed by atoms with Crippen molar-refractivity contribution in [2.24, 2.45) is 0 Å². The fourth-order valence-corrected chi connectivity index (χ4v) is 4.07. The number of carbonyl (C=O) groups excluding carboxylic acids is 1. The molecule has 0 heterocycles. The molecule has 1 atom stereocenters. The average molecular weight is 451 g/mol. The van der Waals surface area contributed by atoms with E-state index in [4.69, 9.17) is 16.3 Å². The van der Waals surface area contributed by atoms with Gasteiger partial charge in [0.1, 0.15) is 10.6 Å². The molecule has 158 valence electrons. The van der Waals surface area contributed by atoms with Crippen LogP contribution in [0.2, 0.25) is 5.02 Å². The van der Waals surface area contributed by atoms with E-state index in [9.17, 15) is 26.4 Å². The summed E-state index contributed by atoms with van der Waals surface area (Å²) < 4.78 is 71.9. The van der Waals surface area contributed by atoms with E-state index in [1.165, 1.54) is 32.2 Å². The highest BCUT2D eigenvalue weighted by Crippen LogP contribution is 2.36. The van der Waals surface area contributed by atoms with E-state index in [2.05, 4.69) is 10.0 Å². The molecule has 2 aromatic carbocycles. The zero-order valence-electron chi connectivity index (χ0n) is 15.6. The number of rotatable bonds is 6. The minimum absolute atomic E-state index is 0.0627. The molecule has 0 radical (unpaired) electrons. The van der Waals surface area contributed by atoms with Crippen LogP contribution >= 0.6 is 11.6 Å². The third-order valence-electron chi connectivity index (χ3n) is 3.88. The Kier molecular flexibility index (Phi) is 6.82. The number of methoxy groups -OCH3 is 1. The lowest BCUT2D eigenvalue weighted by Crippen LogP contribution is -2.41. The summed E-state index contributed by atoms with van der Waals surface area (Å²) in [5.41, 5.74) is -1.04. The molecule has 2 rings (SSSR count). The van der Waals surface area contributed by atoms with Crippen molar-refractivity contribution in [3.05, 3.63) is 52.5 Å². The summed E-state index contributed by atoms with van der Waals surface area (Å²) >= 11 is 5.60. The largest absolute Gasteiger partial charge is 0.495 e. The van der Waals surface area contributed by atoms with Gasteiger partial charge in [0.25, 0.3) is 0 Å². The topological polar surface area (TPSA) is 84.5 Å². The van der Waals surface area contributed by atoms with Crippen molar-refractivity contribution in [1.29, 1.82) is 0 Å². The molecular weight excluding hydrogens is 433 g/mol. The molecule has 29 heavy (non-hydrogen) atoms. The van der Waals surface area contributed by atoms with Gasteiger partial charge < -0.3 is 10.1 Å². The van der Waals surface area contributed by atoms with Crippen LogP contribution in [0.3, 0.4) is 0 Å². The number of halogens is 4. The fourth-order valence-electron chi connectivity index (χ4n) is 2.44. The molecule has 2 N–H and O–H groups in total. The molecule has 0 aliphatic rings. The maximum Gasteiger partial charge on any atom is 0.418 e. The summed E-state index contributed by atoms with van der Waals surface area (Å²) in [4.78, 5) is 12.1. The third kappa shape index (κ3) is 5.62. The standard InChI is InChI=1S/C18H18ClF3N2O4S/c1-10-4-7-15(28-3)16(8-10)29(26,27)24-11(2)17(25)23-14-6-5-12(19)9-13(14)18(20,21)22/h4-9,11,24H,1-3H3,(H,23,25)/t11-/m1/s1. The molecule has 2 aromatic rings. The fraction of sp³-hybridized carbons (Fsp3) is 0.278. The lowest BCUT2D eigenvalue weighted by atomic mass is 10.1. The van der Waals surface area contributed by atoms with Crippen LogP contribution in [0, 0.1) is 6.92 Å². The van der Waals surface area contributed by atoms with Crippen LogP contribution in [-0.4, -0.2) is 27.5 Å². The molecule has 0 saturated carbocycles. The van der Waals surface area contributed by atoms with Crippen LogP contribution < -0.4 is 14.8 Å². The first-order chi connectivity index (χ1) is 13.3. The van der Waals surface area contributed by atoms with Crippen LogP contribution in [0.1, 0.15) is 18.1 Å². The van der Waals surface area contributed by atoms with Gasteiger partial charge in [0.05, 0.1) is 24.4 Å². The van der Waals surface area contributed by atoms with E-state index in [0.717, 1.165) is 6.07 Å². The maximum absolute atomic E-state index is 13.2. The quantitative estimate of drug-likeness (QED) is 0.697. The maximum atomic E-state index is 13.2. The summed E-state index contributed by atoms with van der Waals surface area (Å²) in [6.07, 6.45) is -4.76. The van der Waals surface area contributed by atoms with Gasteiger partial charge in [0.2, 0.25) is 15.9 Å². The molecule has 6 nitrogen and oxygen atoms in total. The SMILES string of the molecule is COc1ccc(C)cc1S(=O)(=O)N[C@H](C)C(=O)Nc1ccc(Cl)cc1C(F)(F)F. The third-order valence-corrected chi connectivity index (χ3v) is 5.68. The molecule has 0 aliphatic heterocycles. The van der Waals surface area contributed by atoms with Gasteiger partial charge in [0.15, 0.2) is 0 Å². The Balaban J connectivity index is 2.25. The van der Waals surface area contributed by atoms with E-state index in [1.54, 1.807) is 13.0 Å². The Labute approximate surface area is 171 Å². The first kappa shape index (κ1) is 23.0. The predicted molar refractivity (Wildman–Crippen MR) is 103 cm³/mol. The molecule has 0 aliphatic carbocycles. The van der Waals surface area contributed by atoms with E-state index in [-0.39, 0.29) is 15.7 Å². The number of hydrogen-bond donors (Lipinski definition) is 2. The van der Waals surface area contributed by atoms with E-state index < -0.39 is 39.4 Å². The Bertz CT molecular complexity index is 1030. The highest BCUT2D eigenvalue weighted by Gasteiger charge is 2.35. The van der Waals surface area contributed by atoms with Crippen LogP contribution in [0.4, 0.5) is 18.9 Å². The summed E-state index contributed by atoms with van der Waals surface area (Å²) in [5.74, 6) is -0.916. The molecule has 0 fully saturated rings. The normalized spacial score (nSPS) is 13.1. The number of sulfonamides is 1. The molecular formula is C18H18ClF3N2O4S. The molecule has 0 unspecified atom stereocenters. The van der Waals surface area contributed by atoms with Gasteiger partial charge in [-0.25, -0.2) is 8.42 Å². The van der Waals surface area contributed by atoms with Crippen molar-refractivity contribution in [3.8, 4) is 5.75 Å². The van der Waals surface area contributed by atoms with Crippen LogP contribution in [0.5, 0.6) is 5.75 Å². The van der Waals surface area contributed by atoms with E-state index in [1.807, 2.05) is 0 Å². The average Bonchev–Trinajstić information content (AvgIpc) is 2.61. The van der Waals surface area contributed by atoms with Crippen LogP contribution in [-0.2, 0) is 21.0 Å². The Morgan fingerprint density at radius 3 is 2.41 bits per heavy atom. The summed E-state index contributed by atoms with van der Waals surface area (Å²) in [6, 6.07) is 5.93. The van der Waals surface area contributed by atoms with Crippen molar-refractivity contribution in [3.63, 3.8) is 0 Å². The number of aryl methyl sites for hydroxylation is 1. The summed E-state index contributed by atoms with van der Waals surface area (Å²) in [7, 11) is -2.90. The highest BCUT2D eigenvalue weighted by atomic mass is 35.5. The van der Waals surface area contributed by atoms with Gasteiger partial charge in [-0.3, -0.25) is 4.79 Å². The van der Waals surface area contributed by atoms with Gasteiger partial charge in [-0.2, -0.15) is 17.9 Å². The highest BCUT2D eigenvalue weighted by molar-refractivity contribution is 7.89. The van der Waals surface area contributed by atoms with Gasteiger partial charge in [-0.1, -0.05) is 17.7 Å². The Morgan fingerprint density at radius 2 is 1.83 bits per heavy atom. The number of anilines is 1. The minimum atomic E-state index is -4.76. The summed E-state index contributed by atoms with van der Waals surface area (Å²) in [5, 5.41) is 1.93. The molecule has 0 spiro atoms. The van der Waals surface area contributed by atoms with Gasteiger partial charge >= 0.3 is 6.18 Å². The van der Waals surface area contributed by atoms with Crippen molar-refractivity contribution < 1.29 is 31.1 Å². The molecule has 11 heteroatoms. The number of benzene rings is 2. The lowest BCUT2D eigenvalue weighted by molar-refractivity contribution is -0.137. The first-order valence-electron chi connectivity index (χ1n) is 8.19. The van der Waals surface area contributed by atoms with Crippen LogP contribution in [0.15, 0.2) is 41.3 Å². The van der Waals surface area contributed by atoms with Crippen LogP contribution in [0.25, 0.3) is 0 Å². The molecule has 0 aromatic heterocycles. The second-order valence-corrected chi connectivity index (χ2v) is 8.29. The molecule has 0 saturated heterocycles. The number of ether oxygens (including phenoxy) is 1. The van der Waals surface area contributed by atoms with E-state index >= 15 is 0 Å². The van der Waals surface area contributed by atoms with Gasteiger partial charge in [0, 0.05) is 5.02 Å². The molecule has 1 amide bonds. The monoisotopic (exact) mass is 450 g/mol. The van der Waals surface area contributed by atoms with Crippen molar-refractivity contribution in [2.75, 3.05) is 12.4 Å². The second kappa shape index (κ2) is 8.60. The first-order valence-corrected chi connectivity index (χ1v) is 10.1. The van der Waals surface area contributed by atoms with Gasteiger partial charge in [-0.05, 0) is 49.7 Å². The number of carbonyl (C=O) groups is 1. The zero-order valence-corrected chi connectivity index (χ0v) is 17.2. The summed E-state index contributed by atoms with van der Waals surface area (Å²) in [6.45, 7) is 2.88. The second-order valence-electron chi connectivity index (χ2n) is 6.17. The van der Waals surface area contributed by atoms with Crippen molar-refractivity contribution >= 4 is 33.2 Å². The number of alkyl halides is 3. The minimum Gasteiger partial charge on any atom is -0.495 e. The lowest BCUT2D eigenvalue weighted by Gasteiger charge is -2.18. The Hall–Kier alpha value is -2.30.